The highest BCUT2D eigenvalue weighted by atomic mass is 35.5. The minimum Gasteiger partial charge on any atom is -0.292 e. The normalized spacial score (nSPS) is 9.88. The summed E-state index contributed by atoms with van der Waals surface area (Å²) in [4.78, 5) is 5.02. The lowest BCUT2D eigenvalue weighted by Crippen LogP contribution is -2.10. The van der Waals surface area contributed by atoms with Crippen LogP contribution in [0.1, 0.15) is 17.2 Å². The second-order valence-electron chi connectivity index (χ2n) is 3.34. The highest BCUT2D eigenvalue weighted by molar-refractivity contribution is 5.85. The molecule has 0 fully saturated rings. The van der Waals surface area contributed by atoms with E-state index in [-0.39, 0.29) is 18.5 Å². The Balaban J connectivity index is 0.00000128. The summed E-state index contributed by atoms with van der Waals surface area (Å²) in [5.41, 5.74) is 2.12. The molecule has 2 aromatic rings. The van der Waals surface area contributed by atoms with Crippen LogP contribution < -0.4 is 5.90 Å². The fourth-order valence-electron chi connectivity index (χ4n) is 1.61. The van der Waals surface area contributed by atoms with Gasteiger partial charge in [-0.15, -0.1) is 12.4 Å². The standard InChI is InChI=1S/C13H13NO.ClH/c14-15-13(11-7-3-1-4-8-11)12-9-5-2-6-10-12;/h1-10,13H,14H2;1H. The van der Waals surface area contributed by atoms with Crippen LogP contribution in [-0.4, -0.2) is 0 Å². The number of nitrogens with two attached hydrogens (primary N) is 1. The summed E-state index contributed by atoms with van der Waals surface area (Å²) < 4.78 is 0. The molecule has 0 unspecified atom stereocenters. The third-order valence-electron chi connectivity index (χ3n) is 2.34. The summed E-state index contributed by atoms with van der Waals surface area (Å²) in [6.07, 6.45) is -0.188. The molecule has 84 valence electrons. The van der Waals surface area contributed by atoms with Crippen LogP contribution in [0.15, 0.2) is 60.7 Å². The molecule has 0 bridgehead atoms. The van der Waals surface area contributed by atoms with E-state index in [1.54, 1.807) is 0 Å². The number of rotatable bonds is 3. The van der Waals surface area contributed by atoms with Gasteiger partial charge in [0.15, 0.2) is 0 Å². The Morgan fingerprint density at radius 3 is 1.44 bits per heavy atom. The molecular weight excluding hydrogens is 222 g/mol. The van der Waals surface area contributed by atoms with Gasteiger partial charge in [-0.2, -0.15) is 0 Å². The van der Waals surface area contributed by atoms with Crippen LogP contribution in [0.3, 0.4) is 0 Å². The smallest absolute Gasteiger partial charge is 0.129 e. The predicted octanol–water partition coefficient (Wildman–Crippen LogP) is 3.09. The van der Waals surface area contributed by atoms with E-state index in [9.17, 15) is 0 Å². The van der Waals surface area contributed by atoms with Gasteiger partial charge in [0.2, 0.25) is 0 Å². The van der Waals surface area contributed by atoms with E-state index in [2.05, 4.69) is 0 Å². The van der Waals surface area contributed by atoms with Crippen LogP contribution in [0, 0.1) is 0 Å². The van der Waals surface area contributed by atoms with Gasteiger partial charge < -0.3 is 0 Å². The summed E-state index contributed by atoms with van der Waals surface area (Å²) in [6, 6.07) is 19.9. The summed E-state index contributed by atoms with van der Waals surface area (Å²) in [5.74, 6) is 5.34. The molecule has 0 aliphatic heterocycles. The number of benzene rings is 2. The molecule has 0 radical (unpaired) electrons. The predicted molar refractivity (Wildman–Crippen MR) is 67.2 cm³/mol. The van der Waals surface area contributed by atoms with E-state index in [1.165, 1.54) is 0 Å². The zero-order chi connectivity index (χ0) is 10.5. The van der Waals surface area contributed by atoms with Gasteiger partial charge >= 0.3 is 0 Å². The maximum atomic E-state index is 5.34. The van der Waals surface area contributed by atoms with Gasteiger partial charge in [-0.3, -0.25) is 4.84 Å². The summed E-state index contributed by atoms with van der Waals surface area (Å²) in [6.45, 7) is 0. The first-order chi connectivity index (χ1) is 7.42. The number of hydrogen-bond acceptors (Lipinski definition) is 2. The Bertz CT molecular complexity index is 365. The fraction of sp³-hybridized carbons (Fsp3) is 0.0769. The molecule has 0 amide bonds. The van der Waals surface area contributed by atoms with Crippen LogP contribution in [0.5, 0.6) is 0 Å². The average Bonchev–Trinajstić information content (AvgIpc) is 2.33. The topological polar surface area (TPSA) is 35.2 Å². The molecule has 0 aliphatic rings. The third kappa shape index (κ3) is 2.83. The molecule has 0 saturated heterocycles. The lowest BCUT2D eigenvalue weighted by Gasteiger charge is -2.14. The SMILES string of the molecule is Cl.NOC(c1ccccc1)c1ccccc1. The van der Waals surface area contributed by atoms with Gasteiger partial charge in [0, 0.05) is 0 Å². The van der Waals surface area contributed by atoms with Gasteiger partial charge in [-0.05, 0) is 11.1 Å². The van der Waals surface area contributed by atoms with E-state index in [4.69, 9.17) is 10.7 Å². The Hall–Kier alpha value is -1.35. The minimum atomic E-state index is -0.188. The first-order valence-corrected chi connectivity index (χ1v) is 4.87. The quantitative estimate of drug-likeness (QED) is 0.830. The molecule has 0 saturated carbocycles. The first kappa shape index (κ1) is 12.7. The molecule has 0 spiro atoms. The number of halogens is 1. The van der Waals surface area contributed by atoms with E-state index in [1.807, 2.05) is 60.7 Å². The zero-order valence-electron chi connectivity index (χ0n) is 8.74. The summed E-state index contributed by atoms with van der Waals surface area (Å²) in [5, 5.41) is 0. The van der Waals surface area contributed by atoms with Gasteiger partial charge in [-0.1, -0.05) is 60.7 Å². The van der Waals surface area contributed by atoms with Gasteiger partial charge in [0.1, 0.15) is 6.10 Å². The Labute approximate surface area is 101 Å². The molecule has 2 aromatic carbocycles. The van der Waals surface area contributed by atoms with Crippen molar-refractivity contribution >= 4 is 12.4 Å². The van der Waals surface area contributed by atoms with Crippen molar-refractivity contribution in [2.45, 2.75) is 6.10 Å². The van der Waals surface area contributed by atoms with Crippen LogP contribution >= 0.6 is 12.4 Å². The molecule has 16 heavy (non-hydrogen) atoms. The Kier molecular flexibility index (Phi) is 4.99. The highest BCUT2D eigenvalue weighted by Gasteiger charge is 2.12. The van der Waals surface area contributed by atoms with Crippen LogP contribution in [0.4, 0.5) is 0 Å². The fourth-order valence-corrected chi connectivity index (χ4v) is 1.61. The van der Waals surface area contributed by atoms with Crippen LogP contribution in [-0.2, 0) is 4.84 Å². The van der Waals surface area contributed by atoms with Crippen molar-refractivity contribution in [2.24, 2.45) is 5.90 Å². The van der Waals surface area contributed by atoms with Crippen molar-refractivity contribution in [2.75, 3.05) is 0 Å². The second-order valence-corrected chi connectivity index (χ2v) is 3.34. The monoisotopic (exact) mass is 235 g/mol. The average molecular weight is 236 g/mol. The van der Waals surface area contributed by atoms with Gasteiger partial charge in [0.05, 0.1) is 0 Å². The van der Waals surface area contributed by atoms with Crippen molar-refractivity contribution < 1.29 is 4.84 Å². The summed E-state index contributed by atoms with van der Waals surface area (Å²) >= 11 is 0. The van der Waals surface area contributed by atoms with Crippen molar-refractivity contribution in [3.05, 3.63) is 71.8 Å². The maximum Gasteiger partial charge on any atom is 0.129 e. The lowest BCUT2D eigenvalue weighted by atomic mass is 10.0. The molecule has 2 N–H and O–H groups in total. The largest absolute Gasteiger partial charge is 0.292 e. The molecule has 0 atom stereocenters. The van der Waals surface area contributed by atoms with E-state index < -0.39 is 0 Å². The molecule has 0 aromatic heterocycles. The minimum absolute atomic E-state index is 0. The lowest BCUT2D eigenvalue weighted by molar-refractivity contribution is 0.0813. The van der Waals surface area contributed by atoms with Crippen LogP contribution in [0.2, 0.25) is 0 Å². The van der Waals surface area contributed by atoms with Crippen LogP contribution in [0.25, 0.3) is 0 Å². The van der Waals surface area contributed by atoms with Crippen molar-refractivity contribution in [3.8, 4) is 0 Å². The number of hydrogen-bond donors (Lipinski definition) is 1. The summed E-state index contributed by atoms with van der Waals surface area (Å²) in [7, 11) is 0. The van der Waals surface area contributed by atoms with Crippen molar-refractivity contribution in [3.63, 3.8) is 0 Å². The zero-order valence-corrected chi connectivity index (χ0v) is 9.56. The third-order valence-corrected chi connectivity index (χ3v) is 2.34. The van der Waals surface area contributed by atoms with E-state index in [0.29, 0.717) is 0 Å². The van der Waals surface area contributed by atoms with Gasteiger partial charge in [-0.25, -0.2) is 5.90 Å². The maximum absolute atomic E-state index is 5.34. The van der Waals surface area contributed by atoms with Crippen molar-refractivity contribution in [1.29, 1.82) is 0 Å². The molecule has 3 heteroatoms. The van der Waals surface area contributed by atoms with E-state index >= 15 is 0 Å². The molecule has 0 heterocycles. The molecular formula is C13H14ClNO. The molecule has 0 aliphatic carbocycles. The van der Waals surface area contributed by atoms with Crippen molar-refractivity contribution in [1.82, 2.24) is 0 Å². The first-order valence-electron chi connectivity index (χ1n) is 4.87. The Morgan fingerprint density at radius 1 is 0.750 bits per heavy atom. The van der Waals surface area contributed by atoms with E-state index in [0.717, 1.165) is 11.1 Å². The Morgan fingerprint density at radius 2 is 1.12 bits per heavy atom. The molecule has 2 nitrogen and oxygen atoms in total. The second kappa shape index (κ2) is 6.28. The molecule has 2 rings (SSSR count). The highest BCUT2D eigenvalue weighted by Crippen LogP contribution is 2.23. The van der Waals surface area contributed by atoms with Gasteiger partial charge in [0.25, 0.3) is 0 Å².